The van der Waals surface area contributed by atoms with Gasteiger partial charge in [0.1, 0.15) is 3.81 Å². The lowest BCUT2D eigenvalue weighted by molar-refractivity contribution is 0.253. The van der Waals surface area contributed by atoms with E-state index in [9.17, 15) is 8.42 Å². The van der Waals surface area contributed by atoms with Crippen LogP contribution in [0.5, 0.6) is 0 Å². The molecule has 0 amide bonds. The molecule has 0 aromatic heterocycles. The molecule has 60 valence electrons. The Bertz CT molecular complexity index is 217. The van der Waals surface area contributed by atoms with Crippen LogP contribution in [0.25, 0.3) is 0 Å². The highest BCUT2D eigenvalue weighted by atomic mass is 79.9. The molecule has 0 radical (unpaired) electrons. The first-order valence-corrected chi connectivity index (χ1v) is 4.84. The van der Waals surface area contributed by atoms with E-state index in [0.717, 1.165) is 0 Å². The summed E-state index contributed by atoms with van der Waals surface area (Å²) in [5.41, 5.74) is 0. The molecular weight excluding hydrogens is 220 g/mol. The van der Waals surface area contributed by atoms with E-state index in [4.69, 9.17) is 0 Å². The Labute approximate surface area is 69.3 Å². The Kier molecular flexibility index (Phi) is 3.55. The monoisotopic (exact) mass is 228 g/mol. The molecule has 0 bridgehead atoms. The van der Waals surface area contributed by atoms with Crippen molar-refractivity contribution in [1.82, 2.24) is 0 Å². The normalized spacial score (nSPS) is 12.0. The number of hydrogen-bond acceptors (Lipinski definition) is 3. The lowest BCUT2D eigenvalue weighted by atomic mass is 10.5. The molecule has 10 heavy (non-hydrogen) atoms. The zero-order chi connectivity index (χ0) is 8.36. The highest BCUT2D eigenvalue weighted by Crippen LogP contribution is 2.14. The van der Waals surface area contributed by atoms with E-state index in [1.54, 1.807) is 13.8 Å². The van der Waals surface area contributed by atoms with Gasteiger partial charge in [-0.25, -0.2) is 0 Å². The fourth-order valence-corrected chi connectivity index (χ4v) is 1.15. The third-order valence-corrected chi connectivity index (χ3v) is 2.96. The third-order valence-electron chi connectivity index (χ3n) is 0.590. The van der Waals surface area contributed by atoms with Crippen LogP contribution in [-0.2, 0) is 14.3 Å². The van der Waals surface area contributed by atoms with Gasteiger partial charge in [-0.3, -0.25) is 4.18 Å². The van der Waals surface area contributed by atoms with Gasteiger partial charge in [0, 0.05) is 0 Å². The van der Waals surface area contributed by atoms with Gasteiger partial charge in [-0.15, -0.1) is 0 Å². The molecule has 0 atom stereocenters. The molecule has 0 saturated heterocycles. The largest absolute Gasteiger partial charge is 0.303 e. The van der Waals surface area contributed by atoms with Crippen molar-refractivity contribution in [2.45, 2.75) is 20.0 Å². The van der Waals surface area contributed by atoms with Crippen LogP contribution in [0.1, 0.15) is 13.8 Å². The highest BCUT2D eigenvalue weighted by molar-refractivity contribution is 9.13. The average molecular weight is 229 g/mol. The fraction of sp³-hybridized carbons (Fsp3) is 0.600. The van der Waals surface area contributed by atoms with Crippen molar-refractivity contribution < 1.29 is 12.6 Å². The molecular formula is C5H9BrO3S. The van der Waals surface area contributed by atoms with Crippen molar-refractivity contribution in [2.24, 2.45) is 0 Å². The fourth-order valence-electron chi connectivity index (χ4n) is 0.306. The van der Waals surface area contributed by atoms with Crippen LogP contribution in [0.2, 0.25) is 0 Å². The van der Waals surface area contributed by atoms with E-state index in [2.05, 4.69) is 26.7 Å². The van der Waals surface area contributed by atoms with Crippen LogP contribution in [0.3, 0.4) is 0 Å². The zero-order valence-corrected chi connectivity index (χ0v) is 8.20. The van der Waals surface area contributed by atoms with Gasteiger partial charge in [-0.2, -0.15) is 8.42 Å². The summed E-state index contributed by atoms with van der Waals surface area (Å²) < 4.78 is 25.9. The maximum Gasteiger partial charge on any atom is 0.303 e. The Balaban J connectivity index is 4.31. The van der Waals surface area contributed by atoms with Gasteiger partial charge in [0.25, 0.3) is 0 Å². The Morgan fingerprint density at radius 2 is 2.00 bits per heavy atom. The predicted molar refractivity (Wildman–Crippen MR) is 43.2 cm³/mol. The summed E-state index contributed by atoms with van der Waals surface area (Å²) >= 11 is 2.72. The first-order chi connectivity index (χ1) is 4.36. The Morgan fingerprint density at radius 3 is 2.10 bits per heavy atom. The van der Waals surface area contributed by atoms with E-state index in [-0.39, 0.29) is 9.92 Å². The second-order valence-electron chi connectivity index (χ2n) is 1.95. The topological polar surface area (TPSA) is 43.4 Å². The van der Waals surface area contributed by atoms with Gasteiger partial charge in [0.15, 0.2) is 0 Å². The molecule has 0 aromatic rings. The molecule has 0 unspecified atom stereocenters. The minimum Gasteiger partial charge on any atom is -0.263 e. The molecule has 0 heterocycles. The minimum absolute atomic E-state index is 0.145. The first kappa shape index (κ1) is 10.1. The molecule has 0 aliphatic heterocycles. The minimum atomic E-state index is -3.58. The molecule has 0 aliphatic carbocycles. The lowest BCUT2D eigenvalue weighted by Crippen LogP contribution is -2.10. The first-order valence-electron chi connectivity index (χ1n) is 2.64. The van der Waals surface area contributed by atoms with Crippen molar-refractivity contribution in [3.05, 3.63) is 10.4 Å². The van der Waals surface area contributed by atoms with E-state index in [0.29, 0.717) is 0 Å². The van der Waals surface area contributed by atoms with Crippen LogP contribution in [0.4, 0.5) is 0 Å². The number of halogens is 1. The summed E-state index contributed by atoms with van der Waals surface area (Å²) in [7, 11) is -3.58. The molecule has 5 heteroatoms. The lowest BCUT2D eigenvalue weighted by Gasteiger charge is -2.05. The smallest absolute Gasteiger partial charge is 0.263 e. The average Bonchev–Trinajstić information content (AvgIpc) is 1.60. The van der Waals surface area contributed by atoms with Gasteiger partial charge < -0.3 is 0 Å². The molecule has 0 N–H and O–H groups in total. The Morgan fingerprint density at radius 1 is 1.60 bits per heavy atom. The zero-order valence-electron chi connectivity index (χ0n) is 5.80. The maximum absolute atomic E-state index is 10.8. The molecule has 0 fully saturated rings. The van der Waals surface area contributed by atoms with Gasteiger partial charge in [-0.05, 0) is 29.8 Å². The van der Waals surface area contributed by atoms with Crippen LogP contribution in [0, 0.1) is 0 Å². The second kappa shape index (κ2) is 3.50. The molecule has 0 aliphatic rings. The SMILES string of the molecule is C=C(Br)S(=O)(=O)OC(C)C. The molecule has 0 saturated carbocycles. The number of rotatable bonds is 3. The van der Waals surface area contributed by atoms with Gasteiger partial charge >= 0.3 is 10.1 Å². The molecule has 0 aromatic carbocycles. The Hall–Kier alpha value is 0.130. The van der Waals surface area contributed by atoms with Crippen molar-refractivity contribution in [3.8, 4) is 0 Å². The summed E-state index contributed by atoms with van der Waals surface area (Å²) in [6.45, 7) is 6.45. The van der Waals surface area contributed by atoms with E-state index >= 15 is 0 Å². The van der Waals surface area contributed by atoms with E-state index in [1.165, 1.54) is 0 Å². The van der Waals surface area contributed by atoms with Crippen molar-refractivity contribution >= 4 is 26.0 Å². The van der Waals surface area contributed by atoms with Crippen LogP contribution in [-0.4, -0.2) is 14.5 Å². The van der Waals surface area contributed by atoms with Crippen LogP contribution >= 0.6 is 15.9 Å². The highest BCUT2D eigenvalue weighted by Gasteiger charge is 2.14. The van der Waals surface area contributed by atoms with Crippen molar-refractivity contribution in [3.63, 3.8) is 0 Å². The number of hydrogen-bond donors (Lipinski definition) is 0. The van der Waals surface area contributed by atoms with Gasteiger partial charge in [-0.1, -0.05) is 6.58 Å². The predicted octanol–water partition coefficient (Wildman–Crippen LogP) is 1.61. The molecule has 3 nitrogen and oxygen atoms in total. The maximum atomic E-state index is 10.8. The van der Waals surface area contributed by atoms with Crippen LogP contribution in [0.15, 0.2) is 10.4 Å². The van der Waals surface area contributed by atoms with E-state index < -0.39 is 10.1 Å². The van der Waals surface area contributed by atoms with Gasteiger partial charge in [0.05, 0.1) is 6.10 Å². The quantitative estimate of drug-likeness (QED) is 0.690. The summed E-state index contributed by atoms with van der Waals surface area (Å²) in [6.07, 6.45) is -0.348. The van der Waals surface area contributed by atoms with Crippen molar-refractivity contribution in [2.75, 3.05) is 0 Å². The summed E-state index contributed by atoms with van der Waals surface area (Å²) in [6, 6.07) is 0. The van der Waals surface area contributed by atoms with Crippen molar-refractivity contribution in [1.29, 1.82) is 0 Å². The second-order valence-corrected chi connectivity index (χ2v) is 5.03. The van der Waals surface area contributed by atoms with E-state index in [1.807, 2.05) is 0 Å². The summed E-state index contributed by atoms with van der Waals surface area (Å²) in [4.78, 5) is 0. The van der Waals surface area contributed by atoms with Gasteiger partial charge in [0.2, 0.25) is 0 Å². The summed E-state index contributed by atoms with van der Waals surface area (Å²) in [5.74, 6) is 0. The summed E-state index contributed by atoms with van der Waals surface area (Å²) in [5, 5.41) is 0. The van der Waals surface area contributed by atoms with Crippen LogP contribution < -0.4 is 0 Å². The molecule has 0 spiro atoms. The third kappa shape index (κ3) is 3.34. The standard InChI is InChI=1S/C5H9BrO3S/c1-4(2)9-10(7,8)5(3)6/h4H,3H2,1-2H3. The molecule has 0 rings (SSSR count).